The van der Waals surface area contributed by atoms with Crippen LogP contribution in [0.3, 0.4) is 0 Å². The van der Waals surface area contributed by atoms with Gasteiger partial charge in [-0.25, -0.2) is 12.6 Å². The SMILES string of the molecule is CCc1ccc(/C(=C\S(=O)(=O)c2ccc(C)cc2)S(=O)c2ccc(C)cc2)cc1. The zero-order valence-corrected chi connectivity index (χ0v) is 18.4. The van der Waals surface area contributed by atoms with Gasteiger partial charge in [0.2, 0.25) is 9.84 Å². The van der Waals surface area contributed by atoms with E-state index in [0.717, 1.165) is 28.5 Å². The maximum Gasteiger partial charge on any atom is 0.201 e. The second kappa shape index (κ2) is 8.89. The van der Waals surface area contributed by atoms with Gasteiger partial charge in [-0.15, -0.1) is 0 Å². The molecule has 0 heterocycles. The molecule has 3 nitrogen and oxygen atoms in total. The summed E-state index contributed by atoms with van der Waals surface area (Å²) in [5.74, 6) is 0. The van der Waals surface area contributed by atoms with Gasteiger partial charge in [0, 0.05) is 4.90 Å². The normalized spacial score (nSPS) is 13.3. The Balaban J connectivity index is 2.13. The molecule has 3 aromatic rings. The molecule has 0 aliphatic rings. The molecule has 0 aliphatic heterocycles. The van der Waals surface area contributed by atoms with Gasteiger partial charge in [0.1, 0.15) is 0 Å². The van der Waals surface area contributed by atoms with Crippen molar-refractivity contribution >= 4 is 25.5 Å². The van der Waals surface area contributed by atoms with Gasteiger partial charge in [0.05, 0.1) is 26.0 Å². The smallest absolute Gasteiger partial charge is 0.201 e. The predicted molar refractivity (Wildman–Crippen MR) is 120 cm³/mol. The zero-order valence-electron chi connectivity index (χ0n) is 16.8. The third-order valence-electron chi connectivity index (χ3n) is 4.69. The van der Waals surface area contributed by atoms with Gasteiger partial charge in [-0.1, -0.05) is 66.6 Å². The largest absolute Gasteiger partial charge is 0.249 e. The fraction of sp³-hybridized carbons (Fsp3) is 0.167. The van der Waals surface area contributed by atoms with Crippen LogP contribution in [0.4, 0.5) is 0 Å². The Labute approximate surface area is 175 Å². The van der Waals surface area contributed by atoms with Crippen molar-refractivity contribution in [2.45, 2.75) is 37.0 Å². The third kappa shape index (κ3) is 5.11. The molecule has 0 N–H and O–H groups in total. The maximum atomic E-state index is 13.4. The average molecular weight is 425 g/mol. The lowest BCUT2D eigenvalue weighted by Gasteiger charge is -2.10. The molecule has 150 valence electrons. The third-order valence-corrected chi connectivity index (χ3v) is 7.77. The minimum atomic E-state index is -3.76. The fourth-order valence-electron chi connectivity index (χ4n) is 2.85. The monoisotopic (exact) mass is 424 g/mol. The molecular formula is C24H24O3S2. The van der Waals surface area contributed by atoms with E-state index in [9.17, 15) is 12.6 Å². The number of aryl methyl sites for hydroxylation is 3. The summed E-state index contributed by atoms with van der Waals surface area (Å²) in [5, 5.41) is 1.15. The number of benzene rings is 3. The van der Waals surface area contributed by atoms with E-state index in [2.05, 4.69) is 6.92 Å². The molecule has 0 aromatic heterocycles. The molecule has 0 saturated heterocycles. The van der Waals surface area contributed by atoms with Crippen LogP contribution >= 0.6 is 0 Å². The molecule has 1 atom stereocenters. The minimum absolute atomic E-state index is 0.187. The van der Waals surface area contributed by atoms with Crippen LogP contribution < -0.4 is 0 Å². The number of hydrogen-bond acceptors (Lipinski definition) is 3. The summed E-state index contributed by atoms with van der Waals surface area (Å²) in [6, 6.07) is 21.5. The van der Waals surface area contributed by atoms with Crippen LogP contribution in [0.2, 0.25) is 0 Å². The van der Waals surface area contributed by atoms with Gasteiger partial charge in [-0.05, 0) is 55.7 Å². The fourth-order valence-corrected chi connectivity index (χ4v) is 5.64. The van der Waals surface area contributed by atoms with Gasteiger partial charge in [-0.3, -0.25) is 0 Å². The molecule has 1 unspecified atom stereocenters. The molecule has 3 aromatic carbocycles. The van der Waals surface area contributed by atoms with Crippen LogP contribution in [0.25, 0.3) is 4.91 Å². The lowest BCUT2D eigenvalue weighted by atomic mass is 10.1. The molecular weight excluding hydrogens is 400 g/mol. The van der Waals surface area contributed by atoms with Gasteiger partial charge >= 0.3 is 0 Å². The highest BCUT2D eigenvalue weighted by Crippen LogP contribution is 2.28. The van der Waals surface area contributed by atoms with Gasteiger partial charge in [0.15, 0.2) is 0 Å². The minimum Gasteiger partial charge on any atom is -0.249 e. The van der Waals surface area contributed by atoms with Crippen LogP contribution in [0.5, 0.6) is 0 Å². The highest BCUT2D eigenvalue weighted by Gasteiger charge is 2.19. The first-order chi connectivity index (χ1) is 13.8. The summed E-state index contributed by atoms with van der Waals surface area (Å²) in [4.78, 5) is 1.03. The van der Waals surface area contributed by atoms with E-state index in [-0.39, 0.29) is 9.80 Å². The average Bonchev–Trinajstić information content (AvgIpc) is 2.72. The summed E-state index contributed by atoms with van der Waals surface area (Å²) < 4.78 is 39.4. The highest BCUT2D eigenvalue weighted by atomic mass is 32.2. The highest BCUT2D eigenvalue weighted by molar-refractivity contribution is 7.99. The van der Waals surface area contributed by atoms with E-state index in [1.165, 1.54) is 0 Å². The Hall–Kier alpha value is -2.50. The van der Waals surface area contributed by atoms with E-state index in [0.29, 0.717) is 10.5 Å². The van der Waals surface area contributed by atoms with Crippen LogP contribution in [-0.2, 0) is 27.1 Å². The van der Waals surface area contributed by atoms with Crippen LogP contribution in [0.15, 0.2) is 88.0 Å². The molecule has 5 heteroatoms. The molecule has 0 radical (unpaired) electrons. The first-order valence-electron chi connectivity index (χ1n) is 9.41. The summed E-state index contributed by atoms with van der Waals surface area (Å²) in [6.07, 6.45) is 0.877. The van der Waals surface area contributed by atoms with E-state index in [1.807, 2.05) is 50.2 Å². The Morgan fingerprint density at radius 3 is 1.86 bits per heavy atom. The van der Waals surface area contributed by atoms with Gasteiger partial charge < -0.3 is 0 Å². The predicted octanol–water partition coefficient (Wildman–Crippen LogP) is 5.45. The molecule has 0 saturated carbocycles. The summed E-state index contributed by atoms with van der Waals surface area (Å²) in [5.41, 5.74) is 3.80. The summed E-state index contributed by atoms with van der Waals surface area (Å²) in [7, 11) is -5.39. The van der Waals surface area contributed by atoms with E-state index < -0.39 is 20.6 Å². The van der Waals surface area contributed by atoms with E-state index >= 15 is 0 Å². The molecule has 0 aliphatic carbocycles. The van der Waals surface area contributed by atoms with Crippen molar-refractivity contribution in [2.24, 2.45) is 0 Å². The second-order valence-corrected chi connectivity index (χ2v) is 10.2. The van der Waals surface area contributed by atoms with Crippen LogP contribution in [0, 0.1) is 13.8 Å². The van der Waals surface area contributed by atoms with E-state index in [4.69, 9.17) is 0 Å². The molecule has 0 bridgehead atoms. The Morgan fingerprint density at radius 2 is 1.34 bits per heavy atom. The lowest BCUT2D eigenvalue weighted by molar-refractivity contribution is 0.604. The second-order valence-electron chi connectivity index (χ2n) is 6.97. The maximum absolute atomic E-state index is 13.4. The topological polar surface area (TPSA) is 51.2 Å². The molecule has 3 rings (SSSR count). The quantitative estimate of drug-likeness (QED) is 0.529. The van der Waals surface area contributed by atoms with Crippen molar-refractivity contribution in [2.75, 3.05) is 0 Å². The van der Waals surface area contributed by atoms with Crippen LogP contribution in [-0.4, -0.2) is 12.6 Å². The Kier molecular flexibility index (Phi) is 6.50. The number of sulfone groups is 1. The Morgan fingerprint density at radius 1 is 0.828 bits per heavy atom. The van der Waals surface area contributed by atoms with E-state index in [1.54, 1.807) is 36.4 Å². The van der Waals surface area contributed by atoms with Gasteiger partial charge in [0.25, 0.3) is 0 Å². The summed E-state index contributed by atoms with van der Waals surface area (Å²) in [6.45, 7) is 5.91. The van der Waals surface area contributed by atoms with Crippen molar-refractivity contribution in [1.29, 1.82) is 0 Å². The van der Waals surface area contributed by atoms with Crippen LogP contribution in [0.1, 0.15) is 29.2 Å². The zero-order chi connectivity index (χ0) is 21.0. The van der Waals surface area contributed by atoms with Crippen molar-refractivity contribution in [1.82, 2.24) is 0 Å². The number of hydrogen-bond donors (Lipinski definition) is 0. The van der Waals surface area contributed by atoms with Crippen molar-refractivity contribution in [3.05, 3.63) is 100 Å². The number of rotatable bonds is 6. The van der Waals surface area contributed by atoms with Crippen molar-refractivity contribution < 1.29 is 12.6 Å². The first-order valence-corrected chi connectivity index (χ1v) is 12.1. The first kappa shape index (κ1) is 21.2. The Bertz CT molecular complexity index is 1140. The molecule has 0 fully saturated rings. The molecule has 29 heavy (non-hydrogen) atoms. The van der Waals surface area contributed by atoms with Crippen molar-refractivity contribution in [3.63, 3.8) is 0 Å². The lowest BCUT2D eigenvalue weighted by Crippen LogP contribution is -2.03. The molecule has 0 amide bonds. The van der Waals surface area contributed by atoms with Crippen molar-refractivity contribution in [3.8, 4) is 0 Å². The standard InChI is InChI=1S/C24H24O3S2/c1-4-20-9-11-21(12-10-20)24(28(25)22-13-5-18(2)6-14-22)17-29(26,27)23-15-7-19(3)8-16-23/h5-17H,4H2,1-3H3/b24-17+. The van der Waals surface area contributed by atoms with Gasteiger partial charge in [-0.2, -0.15) is 0 Å². The molecule has 0 spiro atoms. The summed E-state index contributed by atoms with van der Waals surface area (Å²) >= 11 is 0.